The van der Waals surface area contributed by atoms with Crippen molar-refractivity contribution in [1.29, 1.82) is 0 Å². The van der Waals surface area contributed by atoms with Crippen LogP contribution in [0.1, 0.15) is 30.3 Å². The fourth-order valence-corrected chi connectivity index (χ4v) is 3.02. The van der Waals surface area contributed by atoms with Crippen LogP contribution in [0.5, 0.6) is 5.88 Å². The molecule has 4 rings (SSSR count). The van der Waals surface area contributed by atoms with Crippen LogP contribution in [0, 0.1) is 12.7 Å². The molecule has 2 aromatic rings. The van der Waals surface area contributed by atoms with Gasteiger partial charge in [0.2, 0.25) is 11.8 Å². The van der Waals surface area contributed by atoms with Crippen molar-refractivity contribution < 1.29 is 9.13 Å². The molecule has 2 aliphatic rings. The van der Waals surface area contributed by atoms with E-state index in [2.05, 4.69) is 24.8 Å². The Morgan fingerprint density at radius 3 is 2.48 bits per heavy atom. The summed E-state index contributed by atoms with van der Waals surface area (Å²) in [5.74, 6) is 2.49. The smallest absolute Gasteiger partial charge is 0.228 e. The van der Waals surface area contributed by atoms with Gasteiger partial charge in [0.15, 0.2) is 11.6 Å². The number of hydrogen-bond donors (Lipinski definition) is 0. The number of anilines is 2. The zero-order chi connectivity index (χ0) is 17.4. The van der Waals surface area contributed by atoms with Crippen LogP contribution in [0.3, 0.4) is 0 Å². The van der Waals surface area contributed by atoms with Gasteiger partial charge >= 0.3 is 0 Å². The van der Waals surface area contributed by atoms with Crippen molar-refractivity contribution in [1.82, 2.24) is 19.9 Å². The zero-order valence-electron chi connectivity index (χ0n) is 14.4. The van der Waals surface area contributed by atoms with Crippen LogP contribution < -0.4 is 14.5 Å². The first-order chi connectivity index (χ1) is 12.2. The molecule has 3 heterocycles. The van der Waals surface area contributed by atoms with E-state index < -0.39 is 0 Å². The average Bonchev–Trinajstić information content (AvgIpc) is 3.49. The van der Waals surface area contributed by atoms with Crippen molar-refractivity contribution in [3.63, 3.8) is 0 Å². The van der Waals surface area contributed by atoms with Gasteiger partial charge in [-0.3, -0.25) is 0 Å². The summed E-state index contributed by atoms with van der Waals surface area (Å²) >= 11 is 0. The Bertz CT molecular complexity index is 774. The molecule has 0 atom stereocenters. The summed E-state index contributed by atoms with van der Waals surface area (Å²) in [6.07, 6.45) is 3.89. The lowest BCUT2D eigenvalue weighted by Gasteiger charge is -2.35. The lowest BCUT2D eigenvalue weighted by Crippen LogP contribution is -2.47. The molecule has 1 saturated carbocycles. The molecule has 0 bridgehead atoms. The second-order valence-corrected chi connectivity index (χ2v) is 6.45. The number of rotatable bonds is 4. The number of piperazine rings is 1. The van der Waals surface area contributed by atoms with Crippen molar-refractivity contribution in [2.24, 2.45) is 0 Å². The van der Waals surface area contributed by atoms with E-state index in [0.717, 1.165) is 18.7 Å². The number of aromatic nitrogens is 4. The predicted molar refractivity (Wildman–Crippen MR) is 91.7 cm³/mol. The summed E-state index contributed by atoms with van der Waals surface area (Å²) in [6, 6.07) is 1.72. The van der Waals surface area contributed by atoms with Gasteiger partial charge < -0.3 is 14.5 Å². The number of hydrogen-bond acceptors (Lipinski definition) is 7. The van der Waals surface area contributed by atoms with E-state index in [9.17, 15) is 4.39 Å². The number of methoxy groups -OCH3 is 1. The highest BCUT2D eigenvalue weighted by Gasteiger charge is 2.30. The summed E-state index contributed by atoms with van der Waals surface area (Å²) < 4.78 is 19.7. The lowest BCUT2D eigenvalue weighted by molar-refractivity contribution is 0.396. The van der Waals surface area contributed by atoms with Crippen molar-refractivity contribution in [2.75, 3.05) is 43.1 Å². The second kappa shape index (κ2) is 6.42. The van der Waals surface area contributed by atoms with Crippen LogP contribution in [-0.4, -0.2) is 53.2 Å². The number of halogens is 1. The highest BCUT2D eigenvalue weighted by atomic mass is 19.1. The average molecular weight is 344 g/mol. The molecule has 0 aromatic carbocycles. The van der Waals surface area contributed by atoms with E-state index in [0.29, 0.717) is 55.4 Å². The summed E-state index contributed by atoms with van der Waals surface area (Å²) in [4.78, 5) is 21.6. The van der Waals surface area contributed by atoms with E-state index in [4.69, 9.17) is 4.74 Å². The van der Waals surface area contributed by atoms with E-state index in [1.165, 1.54) is 0 Å². The van der Waals surface area contributed by atoms with Gasteiger partial charge in [0.05, 0.1) is 12.8 Å². The largest absolute Gasteiger partial charge is 0.481 e. The minimum absolute atomic E-state index is 0.310. The van der Waals surface area contributed by atoms with Crippen LogP contribution in [0.25, 0.3) is 0 Å². The van der Waals surface area contributed by atoms with Gasteiger partial charge in [0.1, 0.15) is 5.82 Å². The third-order valence-electron chi connectivity index (χ3n) is 4.65. The molecular weight excluding hydrogens is 323 g/mol. The quantitative estimate of drug-likeness (QED) is 0.839. The third kappa shape index (κ3) is 3.20. The van der Waals surface area contributed by atoms with Crippen molar-refractivity contribution >= 4 is 11.8 Å². The monoisotopic (exact) mass is 344 g/mol. The van der Waals surface area contributed by atoms with Crippen LogP contribution in [0.4, 0.5) is 16.2 Å². The number of nitrogens with zero attached hydrogens (tertiary/aromatic N) is 6. The first-order valence-corrected chi connectivity index (χ1v) is 8.56. The molecular formula is C17H21FN6O. The standard InChI is InChI=1S/C17H21FN6O/c1-11-14(18)16(22-15(20-11)12-3-4-12)23-7-9-24(10-8-23)17-19-6-5-13(21-17)25-2/h5-6,12H,3-4,7-10H2,1-2H3. The molecule has 8 heteroatoms. The molecule has 0 amide bonds. The Morgan fingerprint density at radius 2 is 1.80 bits per heavy atom. The Labute approximate surface area is 145 Å². The molecule has 0 unspecified atom stereocenters. The molecule has 25 heavy (non-hydrogen) atoms. The Hall–Kier alpha value is -2.51. The lowest BCUT2D eigenvalue weighted by atomic mass is 10.2. The first kappa shape index (κ1) is 16.0. The molecule has 2 fully saturated rings. The fourth-order valence-electron chi connectivity index (χ4n) is 3.02. The molecule has 1 aliphatic heterocycles. The fraction of sp³-hybridized carbons (Fsp3) is 0.529. The Balaban J connectivity index is 1.50. The van der Waals surface area contributed by atoms with Crippen LogP contribution in [-0.2, 0) is 0 Å². The van der Waals surface area contributed by atoms with Crippen molar-refractivity contribution in [3.8, 4) is 5.88 Å². The summed E-state index contributed by atoms with van der Waals surface area (Å²) in [5.41, 5.74) is 0.436. The first-order valence-electron chi connectivity index (χ1n) is 8.56. The normalized spacial score (nSPS) is 17.7. The molecule has 0 spiro atoms. The van der Waals surface area contributed by atoms with E-state index in [-0.39, 0.29) is 5.82 Å². The molecule has 132 valence electrons. The van der Waals surface area contributed by atoms with Gasteiger partial charge in [-0.05, 0) is 19.8 Å². The van der Waals surface area contributed by atoms with Crippen molar-refractivity contribution in [2.45, 2.75) is 25.7 Å². The van der Waals surface area contributed by atoms with Gasteiger partial charge in [-0.15, -0.1) is 0 Å². The van der Waals surface area contributed by atoms with Gasteiger partial charge in [-0.25, -0.2) is 19.3 Å². The zero-order valence-corrected chi connectivity index (χ0v) is 14.4. The molecule has 0 N–H and O–H groups in total. The Kier molecular flexibility index (Phi) is 4.10. The van der Waals surface area contributed by atoms with Gasteiger partial charge in [0.25, 0.3) is 0 Å². The third-order valence-corrected chi connectivity index (χ3v) is 4.65. The SMILES string of the molecule is COc1ccnc(N2CCN(c3nc(C4CC4)nc(C)c3F)CC2)n1. The Morgan fingerprint density at radius 1 is 1.08 bits per heavy atom. The topological polar surface area (TPSA) is 67.3 Å². The van der Waals surface area contributed by atoms with E-state index >= 15 is 0 Å². The molecule has 1 aliphatic carbocycles. The van der Waals surface area contributed by atoms with Gasteiger partial charge in [-0.1, -0.05) is 0 Å². The highest BCUT2D eigenvalue weighted by molar-refractivity contribution is 5.45. The number of aryl methyl sites for hydroxylation is 1. The van der Waals surface area contributed by atoms with Crippen LogP contribution in [0.15, 0.2) is 12.3 Å². The molecule has 0 radical (unpaired) electrons. The summed E-state index contributed by atoms with van der Waals surface area (Å²) in [5, 5.41) is 0. The van der Waals surface area contributed by atoms with Crippen LogP contribution in [0.2, 0.25) is 0 Å². The summed E-state index contributed by atoms with van der Waals surface area (Å²) in [7, 11) is 1.59. The number of ether oxygens (including phenoxy) is 1. The van der Waals surface area contributed by atoms with Gasteiger partial charge in [-0.2, -0.15) is 4.98 Å². The second-order valence-electron chi connectivity index (χ2n) is 6.45. The minimum atomic E-state index is -0.310. The maximum atomic E-state index is 14.5. The van der Waals surface area contributed by atoms with Crippen molar-refractivity contribution in [3.05, 3.63) is 29.6 Å². The molecule has 2 aromatic heterocycles. The maximum Gasteiger partial charge on any atom is 0.228 e. The highest BCUT2D eigenvalue weighted by Crippen LogP contribution is 2.39. The van der Waals surface area contributed by atoms with E-state index in [1.807, 2.05) is 4.90 Å². The maximum absolute atomic E-state index is 14.5. The van der Waals surface area contributed by atoms with Crippen LogP contribution >= 0.6 is 0 Å². The van der Waals surface area contributed by atoms with E-state index in [1.54, 1.807) is 26.3 Å². The minimum Gasteiger partial charge on any atom is -0.481 e. The molecule has 7 nitrogen and oxygen atoms in total. The molecule has 1 saturated heterocycles. The van der Waals surface area contributed by atoms with Gasteiger partial charge in [0, 0.05) is 44.4 Å². The predicted octanol–water partition coefficient (Wildman–Crippen LogP) is 1.93. The summed E-state index contributed by atoms with van der Waals surface area (Å²) in [6.45, 7) is 4.45.